The van der Waals surface area contributed by atoms with Crippen LogP contribution >= 0.6 is 39.1 Å². The Hall–Kier alpha value is -1.36. The Balaban J connectivity index is 1.60. The summed E-state index contributed by atoms with van der Waals surface area (Å²) in [6, 6.07) is 9.07. The van der Waals surface area contributed by atoms with E-state index in [0.717, 1.165) is 0 Å². The van der Waals surface area contributed by atoms with Crippen molar-refractivity contribution >= 4 is 60.7 Å². The number of carbonyl (C=O) groups is 1. The quantitative estimate of drug-likeness (QED) is 0.622. The number of sulfonamides is 1. The molecule has 2 aromatic rings. The van der Waals surface area contributed by atoms with E-state index in [1.165, 1.54) is 34.6 Å². The van der Waals surface area contributed by atoms with Crippen molar-refractivity contribution in [3.05, 3.63) is 50.9 Å². The Labute approximate surface area is 187 Å². The van der Waals surface area contributed by atoms with Gasteiger partial charge in [-0.15, -0.1) is 0 Å². The summed E-state index contributed by atoms with van der Waals surface area (Å²) in [7, 11) is -3.58. The van der Waals surface area contributed by atoms with Crippen LogP contribution in [-0.2, 0) is 19.6 Å². The average Bonchev–Trinajstić information content (AvgIpc) is 2.68. The maximum atomic E-state index is 12.6. The van der Waals surface area contributed by atoms with E-state index in [-0.39, 0.29) is 16.5 Å². The molecule has 0 aliphatic carbocycles. The minimum atomic E-state index is -3.58. The molecule has 1 amide bonds. The third-order valence-corrected chi connectivity index (χ3v) is 7.06. The van der Waals surface area contributed by atoms with Crippen LogP contribution in [0, 0.1) is 0 Å². The molecule has 1 fully saturated rings. The van der Waals surface area contributed by atoms with Crippen LogP contribution in [0.4, 0.5) is 5.69 Å². The first-order valence-corrected chi connectivity index (χ1v) is 11.5. The van der Waals surface area contributed by atoms with E-state index in [0.29, 0.717) is 47.2 Å². The number of nitrogens with zero attached hydrogens (tertiary/aromatic N) is 1. The van der Waals surface area contributed by atoms with Gasteiger partial charge in [0.05, 0.1) is 27.6 Å². The van der Waals surface area contributed by atoms with Crippen LogP contribution in [-0.4, -0.2) is 51.5 Å². The summed E-state index contributed by atoms with van der Waals surface area (Å²) in [5.74, 6) is -0.120. The van der Waals surface area contributed by atoms with Gasteiger partial charge in [0.2, 0.25) is 10.0 Å². The van der Waals surface area contributed by atoms with Gasteiger partial charge in [0.15, 0.2) is 12.4 Å². The van der Waals surface area contributed by atoms with Crippen molar-refractivity contribution in [2.24, 2.45) is 0 Å². The highest BCUT2D eigenvalue weighted by molar-refractivity contribution is 9.10. The van der Waals surface area contributed by atoms with E-state index in [1.54, 1.807) is 6.07 Å². The van der Waals surface area contributed by atoms with Crippen molar-refractivity contribution in [1.29, 1.82) is 0 Å². The fraction of sp³-hybridized carbons (Fsp3) is 0.278. The fourth-order valence-electron chi connectivity index (χ4n) is 2.65. The summed E-state index contributed by atoms with van der Waals surface area (Å²) < 4.78 is 37.8. The molecule has 1 aliphatic heterocycles. The number of hydrogen-bond donors (Lipinski definition) is 1. The van der Waals surface area contributed by atoms with Gasteiger partial charge in [-0.1, -0.05) is 23.2 Å². The van der Waals surface area contributed by atoms with Crippen LogP contribution in [0.1, 0.15) is 0 Å². The molecule has 7 nitrogen and oxygen atoms in total. The van der Waals surface area contributed by atoms with E-state index in [1.807, 2.05) is 0 Å². The van der Waals surface area contributed by atoms with E-state index in [2.05, 4.69) is 21.2 Å². The van der Waals surface area contributed by atoms with E-state index in [4.69, 9.17) is 32.7 Å². The molecule has 1 N–H and O–H groups in total. The number of halogens is 3. The number of hydrogen-bond acceptors (Lipinski definition) is 5. The Kier molecular flexibility index (Phi) is 7.42. The Morgan fingerprint density at radius 3 is 2.45 bits per heavy atom. The van der Waals surface area contributed by atoms with E-state index < -0.39 is 15.9 Å². The number of morpholine rings is 1. The highest BCUT2D eigenvalue weighted by Gasteiger charge is 2.26. The van der Waals surface area contributed by atoms with Gasteiger partial charge in [0.25, 0.3) is 5.91 Å². The number of nitrogens with one attached hydrogen (secondary N) is 1. The molecule has 0 saturated carbocycles. The molecule has 0 radical (unpaired) electrons. The summed E-state index contributed by atoms with van der Waals surface area (Å²) in [5, 5.41) is 3.35. The molecule has 2 aromatic carbocycles. The van der Waals surface area contributed by atoms with E-state index in [9.17, 15) is 13.2 Å². The number of anilines is 1. The Morgan fingerprint density at radius 2 is 1.83 bits per heavy atom. The molecule has 0 aromatic heterocycles. The van der Waals surface area contributed by atoms with Gasteiger partial charge in [-0.2, -0.15) is 4.31 Å². The topological polar surface area (TPSA) is 84.9 Å². The van der Waals surface area contributed by atoms with Gasteiger partial charge in [-0.05, 0) is 52.3 Å². The summed E-state index contributed by atoms with van der Waals surface area (Å²) >= 11 is 15.2. The number of carbonyl (C=O) groups excluding carboxylic acids is 1. The highest BCUT2D eigenvalue weighted by Crippen LogP contribution is 2.36. The molecule has 11 heteroatoms. The molecule has 0 unspecified atom stereocenters. The maximum absolute atomic E-state index is 12.6. The number of amides is 1. The number of rotatable bonds is 6. The first kappa shape index (κ1) is 22.3. The van der Waals surface area contributed by atoms with Gasteiger partial charge in [0.1, 0.15) is 0 Å². The zero-order valence-corrected chi connectivity index (χ0v) is 18.9. The summed E-state index contributed by atoms with van der Waals surface area (Å²) in [5.41, 5.74) is 0.445. The SMILES string of the molecule is O=C(COc1c(Cl)cc(Cl)cc1Br)Nc1ccc(S(=O)(=O)N2CCOCC2)cc1. The van der Waals surface area contributed by atoms with Crippen molar-refractivity contribution in [2.45, 2.75) is 4.90 Å². The minimum absolute atomic E-state index is 0.158. The van der Waals surface area contributed by atoms with Crippen molar-refractivity contribution in [1.82, 2.24) is 4.31 Å². The maximum Gasteiger partial charge on any atom is 0.262 e. The van der Waals surface area contributed by atoms with Gasteiger partial charge < -0.3 is 14.8 Å². The molecule has 3 rings (SSSR count). The van der Waals surface area contributed by atoms with Gasteiger partial charge in [-0.3, -0.25) is 4.79 Å². The fourth-order valence-corrected chi connectivity index (χ4v) is 5.42. The Bertz CT molecular complexity index is 973. The molecule has 29 heavy (non-hydrogen) atoms. The zero-order valence-electron chi connectivity index (χ0n) is 15.0. The van der Waals surface area contributed by atoms with Gasteiger partial charge in [0, 0.05) is 23.8 Å². The zero-order chi connectivity index (χ0) is 21.0. The second-order valence-corrected chi connectivity index (χ2v) is 9.71. The molecule has 156 valence electrons. The van der Waals surface area contributed by atoms with Crippen LogP contribution < -0.4 is 10.1 Å². The molecule has 0 spiro atoms. The summed E-state index contributed by atoms with van der Waals surface area (Å²) in [4.78, 5) is 12.3. The van der Waals surface area contributed by atoms with Gasteiger partial charge >= 0.3 is 0 Å². The second-order valence-electron chi connectivity index (χ2n) is 6.08. The first-order valence-electron chi connectivity index (χ1n) is 8.52. The summed E-state index contributed by atoms with van der Waals surface area (Å²) in [6.45, 7) is 1.11. The normalized spacial score (nSPS) is 15.1. The van der Waals surface area contributed by atoms with Crippen molar-refractivity contribution in [2.75, 3.05) is 38.2 Å². The van der Waals surface area contributed by atoms with E-state index >= 15 is 0 Å². The lowest BCUT2D eigenvalue weighted by molar-refractivity contribution is -0.118. The third kappa shape index (κ3) is 5.62. The van der Waals surface area contributed by atoms with Gasteiger partial charge in [-0.25, -0.2) is 8.42 Å². The number of ether oxygens (including phenoxy) is 2. The summed E-state index contributed by atoms with van der Waals surface area (Å²) in [6.07, 6.45) is 0. The minimum Gasteiger partial charge on any atom is -0.481 e. The lowest BCUT2D eigenvalue weighted by Crippen LogP contribution is -2.40. The van der Waals surface area contributed by atoms with Crippen LogP contribution in [0.15, 0.2) is 45.8 Å². The average molecular weight is 524 g/mol. The smallest absolute Gasteiger partial charge is 0.262 e. The monoisotopic (exact) mass is 522 g/mol. The Morgan fingerprint density at radius 1 is 1.17 bits per heavy atom. The third-order valence-electron chi connectivity index (χ3n) is 4.06. The molecule has 0 bridgehead atoms. The molecule has 1 heterocycles. The van der Waals surface area contributed by atoms with Crippen LogP contribution in [0.5, 0.6) is 5.75 Å². The lowest BCUT2D eigenvalue weighted by atomic mass is 10.3. The molecular weight excluding hydrogens is 507 g/mol. The van der Waals surface area contributed by atoms with Crippen LogP contribution in [0.2, 0.25) is 10.0 Å². The molecular formula is C18H17BrCl2N2O5S. The highest BCUT2D eigenvalue weighted by atomic mass is 79.9. The molecule has 1 saturated heterocycles. The standard InChI is InChI=1S/C18H17BrCl2N2O5S/c19-15-9-12(20)10-16(21)18(15)28-11-17(24)22-13-1-3-14(4-2-13)29(25,26)23-5-7-27-8-6-23/h1-4,9-10H,5-8,11H2,(H,22,24). The predicted octanol–water partition coefficient (Wildman–Crippen LogP) is 3.79. The molecule has 0 atom stereocenters. The van der Waals surface area contributed by atoms with Crippen LogP contribution in [0.25, 0.3) is 0 Å². The predicted molar refractivity (Wildman–Crippen MR) is 114 cm³/mol. The van der Waals surface area contributed by atoms with Crippen molar-refractivity contribution < 1.29 is 22.7 Å². The number of benzene rings is 2. The lowest BCUT2D eigenvalue weighted by Gasteiger charge is -2.26. The largest absolute Gasteiger partial charge is 0.481 e. The first-order chi connectivity index (χ1) is 13.8. The molecule has 1 aliphatic rings. The van der Waals surface area contributed by atoms with Crippen molar-refractivity contribution in [3.63, 3.8) is 0 Å². The second kappa shape index (κ2) is 9.63. The van der Waals surface area contributed by atoms with Crippen molar-refractivity contribution in [3.8, 4) is 5.75 Å². The van der Waals surface area contributed by atoms with Crippen LogP contribution in [0.3, 0.4) is 0 Å².